The summed E-state index contributed by atoms with van der Waals surface area (Å²) in [5.74, 6) is -0.180. The van der Waals surface area contributed by atoms with E-state index in [0.717, 1.165) is 4.88 Å². The molecule has 0 saturated heterocycles. The second kappa shape index (κ2) is 7.65. The van der Waals surface area contributed by atoms with Crippen molar-refractivity contribution in [1.82, 2.24) is 9.62 Å². The van der Waals surface area contributed by atoms with E-state index in [0.29, 0.717) is 16.4 Å². The third-order valence-electron chi connectivity index (χ3n) is 3.17. The average molecular weight is 387 g/mol. The number of nitrogens with one attached hydrogen (secondary N) is 1. The Hall–Kier alpha value is -1.41. The van der Waals surface area contributed by atoms with Crippen molar-refractivity contribution in [3.8, 4) is 0 Å². The molecule has 2 rings (SSSR count). The number of benzene rings is 1. The Morgan fingerprint density at radius 2 is 1.83 bits per heavy atom. The van der Waals surface area contributed by atoms with Crippen molar-refractivity contribution in [2.24, 2.45) is 0 Å². The van der Waals surface area contributed by atoms with Crippen LogP contribution in [0.15, 0.2) is 41.3 Å². The first kappa shape index (κ1) is 18.9. The number of nitrogens with zero attached hydrogens (tertiary/aromatic N) is 1. The number of carbonyl (C=O) groups is 1. The van der Waals surface area contributed by atoms with Crippen molar-refractivity contribution in [2.75, 3.05) is 7.05 Å². The largest absolute Gasteiger partial charge is 0.337 e. The Bertz CT molecular complexity index is 814. The molecule has 1 N–H and O–H groups in total. The number of carbonyl (C=O) groups excluding carboxylic acids is 1. The highest BCUT2D eigenvalue weighted by atomic mass is 35.5. The molecular formula is C16H19ClN2O3S2. The Labute approximate surface area is 151 Å². The van der Waals surface area contributed by atoms with Crippen molar-refractivity contribution < 1.29 is 13.2 Å². The molecule has 5 nitrogen and oxygen atoms in total. The van der Waals surface area contributed by atoms with Gasteiger partial charge in [0, 0.05) is 23.5 Å². The number of hydrogen-bond acceptors (Lipinski definition) is 4. The molecule has 0 aliphatic heterocycles. The zero-order valence-corrected chi connectivity index (χ0v) is 16.0. The van der Waals surface area contributed by atoms with Gasteiger partial charge in [-0.3, -0.25) is 4.79 Å². The zero-order valence-electron chi connectivity index (χ0n) is 13.6. The fraction of sp³-hybridized carbons (Fsp3) is 0.312. The average Bonchev–Trinajstić information content (AvgIpc) is 2.90. The summed E-state index contributed by atoms with van der Waals surface area (Å²) >= 11 is 7.31. The highest BCUT2D eigenvalue weighted by Crippen LogP contribution is 2.23. The van der Waals surface area contributed by atoms with Gasteiger partial charge >= 0.3 is 0 Å². The lowest BCUT2D eigenvalue weighted by atomic mass is 10.2. The summed E-state index contributed by atoms with van der Waals surface area (Å²) in [5.41, 5.74) is 0.434. The first-order valence-electron chi connectivity index (χ1n) is 7.31. The van der Waals surface area contributed by atoms with Gasteiger partial charge in [0.25, 0.3) is 5.91 Å². The van der Waals surface area contributed by atoms with Gasteiger partial charge in [0.2, 0.25) is 10.0 Å². The van der Waals surface area contributed by atoms with Gasteiger partial charge in [0.1, 0.15) is 0 Å². The first-order chi connectivity index (χ1) is 11.2. The number of hydrogen-bond donors (Lipinski definition) is 1. The molecule has 0 saturated carbocycles. The SMILES string of the molecule is CC(C)NS(=O)(=O)c1ccc(C(=O)N(C)Cc2ccc(Cl)s2)cc1. The minimum Gasteiger partial charge on any atom is -0.337 e. The minimum atomic E-state index is -3.56. The third-order valence-corrected chi connectivity index (χ3v) is 6.06. The lowest BCUT2D eigenvalue weighted by Crippen LogP contribution is -2.30. The smallest absolute Gasteiger partial charge is 0.253 e. The van der Waals surface area contributed by atoms with Crippen LogP contribution < -0.4 is 4.72 Å². The maximum atomic E-state index is 12.4. The van der Waals surface area contributed by atoms with E-state index in [1.165, 1.54) is 35.6 Å². The molecule has 0 bridgehead atoms. The fourth-order valence-corrected chi connectivity index (χ4v) is 4.51. The van der Waals surface area contributed by atoms with E-state index >= 15 is 0 Å². The number of halogens is 1. The Balaban J connectivity index is 2.10. The van der Waals surface area contributed by atoms with E-state index in [4.69, 9.17) is 11.6 Å². The van der Waals surface area contributed by atoms with Crippen LogP contribution in [0.3, 0.4) is 0 Å². The molecule has 24 heavy (non-hydrogen) atoms. The first-order valence-corrected chi connectivity index (χ1v) is 9.99. The lowest BCUT2D eigenvalue weighted by Gasteiger charge is -2.16. The van der Waals surface area contributed by atoms with Crippen molar-refractivity contribution in [3.63, 3.8) is 0 Å². The van der Waals surface area contributed by atoms with Crippen molar-refractivity contribution in [3.05, 3.63) is 51.2 Å². The van der Waals surface area contributed by atoms with Crippen LogP contribution in [0.2, 0.25) is 4.34 Å². The van der Waals surface area contributed by atoms with Crippen LogP contribution in [0.4, 0.5) is 0 Å². The summed E-state index contributed by atoms with van der Waals surface area (Å²) in [6.07, 6.45) is 0. The quantitative estimate of drug-likeness (QED) is 0.827. The lowest BCUT2D eigenvalue weighted by molar-refractivity contribution is 0.0786. The molecular weight excluding hydrogens is 368 g/mol. The van der Waals surface area contributed by atoms with Crippen LogP contribution in [0.25, 0.3) is 0 Å². The van der Waals surface area contributed by atoms with Gasteiger partial charge in [-0.25, -0.2) is 13.1 Å². The predicted octanol–water partition coefficient (Wildman–Crippen LogP) is 3.36. The van der Waals surface area contributed by atoms with E-state index in [1.807, 2.05) is 6.07 Å². The summed E-state index contributed by atoms with van der Waals surface area (Å²) in [5, 5.41) is 0. The van der Waals surface area contributed by atoms with Gasteiger partial charge in [0.05, 0.1) is 15.8 Å². The predicted molar refractivity (Wildman–Crippen MR) is 97.0 cm³/mol. The Morgan fingerprint density at radius 3 is 2.33 bits per heavy atom. The monoisotopic (exact) mass is 386 g/mol. The fourth-order valence-electron chi connectivity index (χ4n) is 2.12. The van der Waals surface area contributed by atoms with Gasteiger partial charge in [0.15, 0.2) is 0 Å². The second-order valence-corrected chi connectivity index (χ2v) is 9.18. The Kier molecular flexibility index (Phi) is 6.03. The molecule has 0 spiro atoms. The van der Waals surface area contributed by atoms with E-state index in [-0.39, 0.29) is 16.8 Å². The van der Waals surface area contributed by atoms with E-state index in [2.05, 4.69) is 4.72 Å². The van der Waals surface area contributed by atoms with Crippen molar-refractivity contribution in [2.45, 2.75) is 31.3 Å². The van der Waals surface area contributed by atoms with Crippen LogP contribution in [-0.2, 0) is 16.6 Å². The van der Waals surface area contributed by atoms with Gasteiger partial charge in [-0.1, -0.05) is 11.6 Å². The summed E-state index contributed by atoms with van der Waals surface area (Å²) in [6, 6.07) is 9.40. The van der Waals surface area contributed by atoms with Crippen LogP contribution in [0, 0.1) is 0 Å². The van der Waals surface area contributed by atoms with Crippen LogP contribution >= 0.6 is 22.9 Å². The standard InChI is InChI=1S/C16H19ClN2O3S2/c1-11(2)18-24(21,22)14-7-4-12(5-8-14)16(20)19(3)10-13-6-9-15(17)23-13/h4-9,11,18H,10H2,1-3H3. The van der Waals surface area contributed by atoms with Crippen molar-refractivity contribution >= 4 is 38.9 Å². The minimum absolute atomic E-state index is 0.139. The highest BCUT2D eigenvalue weighted by molar-refractivity contribution is 7.89. The van der Waals surface area contributed by atoms with E-state index < -0.39 is 10.0 Å². The molecule has 2 aromatic rings. The van der Waals surface area contributed by atoms with Gasteiger partial charge < -0.3 is 4.90 Å². The maximum Gasteiger partial charge on any atom is 0.253 e. The molecule has 130 valence electrons. The highest BCUT2D eigenvalue weighted by Gasteiger charge is 2.17. The molecule has 0 radical (unpaired) electrons. The van der Waals surface area contributed by atoms with Gasteiger partial charge in [-0.15, -0.1) is 11.3 Å². The Morgan fingerprint density at radius 1 is 1.21 bits per heavy atom. The maximum absolute atomic E-state index is 12.4. The summed E-state index contributed by atoms with van der Waals surface area (Å²) in [4.78, 5) is 15.1. The van der Waals surface area contributed by atoms with E-state index in [1.54, 1.807) is 31.9 Å². The zero-order chi connectivity index (χ0) is 17.9. The normalized spacial score (nSPS) is 11.7. The van der Waals surface area contributed by atoms with E-state index in [9.17, 15) is 13.2 Å². The topological polar surface area (TPSA) is 66.5 Å². The van der Waals surface area contributed by atoms with Crippen LogP contribution in [0.5, 0.6) is 0 Å². The number of thiophene rings is 1. The van der Waals surface area contributed by atoms with Crippen molar-refractivity contribution in [1.29, 1.82) is 0 Å². The molecule has 1 amide bonds. The molecule has 8 heteroatoms. The third kappa shape index (κ3) is 4.80. The summed E-state index contributed by atoms with van der Waals surface area (Å²) in [6.45, 7) is 3.95. The molecule has 0 aliphatic rings. The van der Waals surface area contributed by atoms with Crippen LogP contribution in [0.1, 0.15) is 29.1 Å². The van der Waals surface area contributed by atoms with Gasteiger partial charge in [-0.05, 0) is 50.2 Å². The second-order valence-electron chi connectivity index (χ2n) is 5.67. The van der Waals surface area contributed by atoms with Crippen LogP contribution in [-0.4, -0.2) is 32.3 Å². The molecule has 0 fully saturated rings. The number of amides is 1. The number of rotatable bonds is 6. The summed E-state index contributed by atoms with van der Waals surface area (Å²) in [7, 11) is -1.86. The molecule has 1 heterocycles. The molecule has 1 aromatic carbocycles. The number of sulfonamides is 1. The molecule has 1 aromatic heterocycles. The molecule has 0 atom stereocenters. The molecule has 0 aliphatic carbocycles. The molecule has 0 unspecified atom stereocenters. The summed E-state index contributed by atoms with van der Waals surface area (Å²) < 4.78 is 27.4. The van der Waals surface area contributed by atoms with Gasteiger partial charge in [-0.2, -0.15) is 0 Å².